The summed E-state index contributed by atoms with van der Waals surface area (Å²) in [4.78, 5) is 61.6. The Kier molecular flexibility index (Phi) is 9.12. The number of carbonyl (C=O) groups is 4. The van der Waals surface area contributed by atoms with Gasteiger partial charge in [0.05, 0.1) is 5.56 Å². The van der Waals surface area contributed by atoms with Gasteiger partial charge >= 0.3 is 12.1 Å². The van der Waals surface area contributed by atoms with Crippen molar-refractivity contribution >= 4 is 29.7 Å². The van der Waals surface area contributed by atoms with Gasteiger partial charge < -0.3 is 30.6 Å². The van der Waals surface area contributed by atoms with Crippen LogP contribution < -0.4 is 10.6 Å². The Bertz CT molecular complexity index is 1410. The summed E-state index contributed by atoms with van der Waals surface area (Å²) < 4.78 is 0. The molecule has 0 radical (unpaired) electrons. The Morgan fingerprint density at radius 3 is 2.10 bits per heavy atom. The minimum atomic E-state index is -1.07. The van der Waals surface area contributed by atoms with Gasteiger partial charge in [-0.25, -0.2) is 19.6 Å². The van der Waals surface area contributed by atoms with E-state index in [-0.39, 0.29) is 55.8 Å². The van der Waals surface area contributed by atoms with Crippen LogP contribution in [0.25, 0.3) is 11.4 Å². The predicted octanol–water partition coefficient (Wildman–Crippen LogP) is 2.83. The van der Waals surface area contributed by atoms with E-state index in [0.29, 0.717) is 17.2 Å². The number of nitrogens with zero attached hydrogens (tertiary/aromatic N) is 4. The second-order valence-corrected chi connectivity index (χ2v) is 9.95. The third-order valence-electron chi connectivity index (χ3n) is 6.53. The van der Waals surface area contributed by atoms with Gasteiger partial charge in [0.1, 0.15) is 17.6 Å². The number of aromatic nitrogens is 2. The van der Waals surface area contributed by atoms with Gasteiger partial charge in [0.25, 0.3) is 5.91 Å². The number of carbonyl (C=O) groups excluding carboxylic acids is 2. The van der Waals surface area contributed by atoms with Crippen molar-refractivity contribution in [3.63, 3.8) is 0 Å². The molecule has 0 aliphatic carbocycles. The number of benzene rings is 2. The monoisotopic (exact) mass is 560 g/mol. The van der Waals surface area contributed by atoms with Gasteiger partial charge in [-0.05, 0) is 31.5 Å². The van der Waals surface area contributed by atoms with Gasteiger partial charge in [0.2, 0.25) is 5.91 Å². The molecule has 4 N–H and O–H groups in total. The molecule has 2 heterocycles. The molecule has 3 aromatic rings. The molecule has 12 nitrogen and oxygen atoms in total. The normalized spacial score (nSPS) is 13.9. The van der Waals surface area contributed by atoms with Crippen LogP contribution in [0.2, 0.25) is 0 Å². The highest BCUT2D eigenvalue weighted by molar-refractivity contribution is 5.97. The second kappa shape index (κ2) is 12.9. The molecule has 0 spiro atoms. The van der Waals surface area contributed by atoms with Crippen molar-refractivity contribution in [2.45, 2.75) is 32.4 Å². The third kappa shape index (κ3) is 7.56. The summed E-state index contributed by atoms with van der Waals surface area (Å²) in [6, 6.07) is 15.8. The standard InChI is InChI=1S/C29H32N6O6/c1-18(2)30-24-17-22(31-25(33-24)20-6-4-3-5-7-20)26(36)32-23(16-19-8-10-21(11-9-19)28(38)39)27(37)34-12-14-35(15-13-34)29(40)41/h3-11,17-18,23H,12-16H2,1-2H3,(H,32,36)(H,38,39)(H,40,41)(H,30,31,33)/t23-/m0/s1. The number of hydrogen-bond acceptors (Lipinski definition) is 7. The average molecular weight is 561 g/mol. The average Bonchev–Trinajstić information content (AvgIpc) is 2.96. The molecule has 0 saturated carbocycles. The van der Waals surface area contributed by atoms with Crippen LogP contribution in [0.1, 0.15) is 40.3 Å². The molecule has 1 atom stereocenters. The molecule has 1 aliphatic heterocycles. The molecule has 1 aliphatic rings. The Labute approximate surface area is 237 Å². The maximum atomic E-state index is 13.6. The zero-order chi connectivity index (χ0) is 29.5. The molecular weight excluding hydrogens is 528 g/mol. The van der Waals surface area contributed by atoms with Crippen molar-refractivity contribution in [1.29, 1.82) is 0 Å². The van der Waals surface area contributed by atoms with Crippen LogP contribution >= 0.6 is 0 Å². The molecule has 41 heavy (non-hydrogen) atoms. The molecular formula is C29H32N6O6. The minimum absolute atomic E-state index is 0.0389. The number of amides is 3. The number of carboxylic acids is 1. The van der Waals surface area contributed by atoms with Crippen molar-refractivity contribution in [3.05, 3.63) is 77.5 Å². The lowest BCUT2D eigenvalue weighted by Gasteiger charge is -2.35. The van der Waals surface area contributed by atoms with Gasteiger partial charge in [-0.3, -0.25) is 9.59 Å². The number of aromatic carboxylic acids is 1. The highest BCUT2D eigenvalue weighted by Crippen LogP contribution is 2.19. The van der Waals surface area contributed by atoms with Crippen LogP contribution in [0.15, 0.2) is 60.7 Å². The molecule has 2 aromatic carbocycles. The first-order chi connectivity index (χ1) is 19.6. The van der Waals surface area contributed by atoms with Gasteiger partial charge in [-0.1, -0.05) is 42.5 Å². The van der Waals surface area contributed by atoms with Gasteiger partial charge in [-0.15, -0.1) is 0 Å². The quantitative estimate of drug-likeness (QED) is 0.308. The first kappa shape index (κ1) is 29.0. The van der Waals surface area contributed by atoms with E-state index in [4.69, 9.17) is 0 Å². The van der Waals surface area contributed by atoms with Crippen LogP contribution in [0.4, 0.5) is 10.6 Å². The third-order valence-corrected chi connectivity index (χ3v) is 6.53. The summed E-state index contributed by atoms with van der Waals surface area (Å²) in [6.07, 6.45) is -0.957. The lowest BCUT2D eigenvalue weighted by atomic mass is 10.0. The van der Waals surface area contributed by atoms with Crippen molar-refractivity contribution in [2.24, 2.45) is 0 Å². The van der Waals surface area contributed by atoms with Crippen LogP contribution in [-0.2, 0) is 11.2 Å². The molecule has 4 rings (SSSR count). The van der Waals surface area contributed by atoms with Crippen molar-refractivity contribution in [1.82, 2.24) is 25.1 Å². The van der Waals surface area contributed by atoms with E-state index in [2.05, 4.69) is 20.6 Å². The number of rotatable bonds is 9. The zero-order valence-electron chi connectivity index (χ0n) is 22.8. The van der Waals surface area contributed by atoms with Crippen molar-refractivity contribution in [2.75, 3.05) is 31.5 Å². The summed E-state index contributed by atoms with van der Waals surface area (Å²) in [6.45, 7) is 4.57. The fraction of sp³-hybridized carbons (Fsp3) is 0.310. The summed E-state index contributed by atoms with van der Waals surface area (Å²) >= 11 is 0. The maximum Gasteiger partial charge on any atom is 0.407 e. The number of hydrogen-bond donors (Lipinski definition) is 4. The first-order valence-electron chi connectivity index (χ1n) is 13.2. The summed E-state index contributed by atoms with van der Waals surface area (Å²) in [5.41, 5.74) is 1.53. The lowest BCUT2D eigenvalue weighted by molar-refractivity contribution is -0.134. The largest absolute Gasteiger partial charge is 0.478 e. The molecule has 1 aromatic heterocycles. The fourth-order valence-electron chi connectivity index (χ4n) is 4.44. The SMILES string of the molecule is CC(C)Nc1cc(C(=O)N[C@@H](Cc2ccc(C(=O)O)cc2)C(=O)N2CCN(C(=O)O)CC2)nc(-c2ccccc2)n1. The fourth-order valence-corrected chi connectivity index (χ4v) is 4.44. The molecule has 1 saturated heterocycles. The summed E-state index contributed by atoms with van der Waals surface area (Å²) in [5.74, 6) is -1.23. The van der Waals surface area contributed by atoms with Gasteiger partial charge in [-0.2, -0.15) is 0 Å². The smallest absolute Gasteiger partial charge is 0.407 e. The van der Waals surface area contributed by atoms with Crippen molar-refractivity contribution < 1.29 is 29.4 Å². The Morgan fingerprint density at radius 1 is 0.878 bits per heavy atom. The number of carboxylic acid groups (broad SMARTS) is 2. The summed E-state index contributed by atoms with van der Waals surface area (Å²) in [5, 5.41) is 24.5. The van der Waals surface area contributed by atoms with E-state index in [0.717, 1.165) is 5.56 Å². The molecule has 0 unspecified atom stereocenters. The second-order valence-electron chi connectivity index (χ2n) is 9.95. The first-order valence-corrected chi connectivity index (χ1v) is 13.2. The van der Waals surface area contributed by atoms with Gasteiger partial charge in [0.15, 0.2) is 5.82 Å². The van der Waals surface area contributed by atoms with Crippen molar-refractivity contribution in [3.8, 4) is 11.4 Å². The van der Waals surface area contributed by atoms with Crippen LogP contribution in [0.5, 0.6) is 0 Å². The van der Waals surface area contributed by atoms with E-state index in [1.54, 1.807) is 12.1 Å². The Morgan fingerprint density at radius 2 is 1.51 bits per heavy atom. The zero-order valence-corrected chi connectivity index (χ0v) is 22.8. The van der Waals surface area contributed by atoms with E-state index in [9.17, 15) is 29.4 Å². The Hall–Kier alpha value is -5.00. The minimum Gasteiger partial charge on any atom is -0.478 e. The van der Waals surface area contributed by atoms with Gasteiger partial charge in [0, 0.05) is 50.3 Å². The topological polar surface area (TPSA) is 165 Å². The highest BCUT2D eigenvalue weighted by Gasteiger charge is 2.31. The Balaban J connectivity index is 1.62. The maximum absolute atomic E-state index is 13.6. The molecule has 12 heteroatoms. The van der Waals surface area contributed by atoms with Crippen LogP contribution in [0.3, 0.4) is 0 Å². The van der Waals surface area contributed by atoms with E-state index >= 15 is 0 Å². The molecule has 3 amide bonds. The van der Waals surface area contributed by atoms with Crippen LogP contribution in [-0.4, -0.2) is 92.1 Å². The molecule has 214 valence electrons. The predicted molar refractivity (Wildman–Crippen MR) is 151 cm³/mol. The number of anilines is 1. The molecule has 0 bridgehead atoms. The van der Waals surface area contributed by atoms with E-state index in [1.165, 1.54) is 28.0 Å². The lowest BCUT2D eigenvalue weighted by Crippen LogP contribution is -2.56. The van der Waals surface area contributed by atoms with Crippen LogP contribution in [0, 0.1) is 0 Å². The van der Waals surface area contributed by atoms with E-state index in [1.807, 2.05) is 44.2 Å². The van der Waals surface area contributed by atoms with E-state index < -0.39 is 24.0 Å². The summed E-state index contributed by atoms with van der Waals surface area (Å²) in [7, 11) is 0. The number of piperazine rings is 1. The number of nitrogens with one attached hydrogen (secondary N) is 2. The molecule has 1 fully saturated rings. The highest BCUT2D eigenvalue weighted by atomic mass is 16.4.